The Morgan fingerprint density at radius 3 is 2.72 bits per heavy atom. The molecule has 2 aromatic rings. The second-order valence-electron chi connectivity index (χ2n) is 3.55. The van der Waals surface area contributed by atoms with Crippen LogP contribution in [-0.2, 0) is 0 Å². The molecule has 4 nitrogen and oxygen atoms in total. The van der Waals surface area contributed by atoms with Gasteiger partial charge < -0.3 is 11.1 Å². The second kappa shape index (κ2) is 5.21. The third-order valence-corrected chi connectivity index (χ3v) is 5.20. The minimum Gasteiger partial charge on any atom is -0.366 e. The predicted octanol–water partition coefficient (Wildman–Crippen LogP) is 3.23. The Morgan fingerprint density at radius 1 is 1.44 bits per heavy atom. The number of primary amides is 1. The smallest absolute Gasteiger partial charge is 0.266 e. The minimum absolute atomic E-state index is 0.237. The van der Waals surface area contributed by atoms with Gasteiger partial charge in [-0.1, -0.05) is 0 Å². The lowest BCUT2D eigenvalue weighted by Crippen LogP contribution is -2.15. The highest BCUT2D eigenvalue weighted by atomic mass is 79.9. The summed E-state index contributed by atoms with van der Waals surface area (Å²) in [7, 11) is 0. The van der Waals surface area contributed by atoms with Crippen molar-refractivity contribution in [3.8, 4) is 0 Å². The van der Waals surface area contributed by atoms with Crippen molar-refractivity contribution >= 4 is 55.4 Å². The summed E-state index contributed by atoms with van der Waals surface area (Å²) in [6, 6.07) is 3.39. The summed E-state index contributed by atoms with van der Waals surface area (Å²) in [5, 5.41) is 4.89. The first kappa shape index (κ1) is 13.3. The van der Waals surface area contributed by atoms with Gasteiger partial charge in [0.1, 0.15) is 5.00 Å². The molecule has 0 unspecified atom stereocenters. The van der Waals surface area contributed by atoms with Gasteiger partial charge in [0, 0.05) is 0 Å². The van der Waals surface area contributed by atoms with Crippen molar-refractivity contribution in [3.05, 3.63) is 37.3 Å². The molecule has 0 bridgehead atoms. The predicted molar refractivity (Wildman–Crippen MR) is 77.5 cm³/mol. The number of amides is 2. The van der Waals surface area contributed by atoms with Gasteiger partial charge in [-0.05, 0) is 45.9 Å². The van der Waals surface area contributed by atoms with E-state index in [4.69, 9.17) is 5.73 Å². The van der Waals surface area contributed by atoms with Gasteiger partial charge in [-0.3, -0.25) is 9.59 Å². The van der Waals surface area contributed by atoms with Crippen LogP contribution in [0.5, 0.6) is 0 Å². The van der Waals surface area contributed by atoms with Crippen molar-refractivity contribution < 1.29 is 9.59 Å². The molecule has 94 valence electrons. The Morgan fingerprint density at radius 2 is 2.17 bits per heavy atom. The van der Waals surface area contributed by atoms with Crippen molar-refractivity contribution in [1.82, 2.24) is 0 Å². The molecule has 0 aliphatic carbocycles. The Hall–Kier alpha value is -1.18. The van der Waals surface area contributed by atoms with Gasteiger partial charge in [-0.2, -0.15) is 0 Å². The number of rotatable bonds is 3. The number of anilines is 1. The second-order valence-corrected chi connectivity index (χ2v) is 6.84. The molecule has 0 aliphatic rings. The molecule has 0 aromatic carbocycles. The monoisotopic (exact) mass is 344 g/mol. The van der Waals surface area contributed by atoms with Crippen LogP contribution >= 0.6 is 38.6 Å². The number of halogens is 1. The Bertz CT molecular complexity index is 599. The van der Waals surface area contributed by atoms with Gasteiger partial charge in [0.2, 0.25) is 0 Å². The Kier molecular flexibility index (Phi) is 3.84. The fourth-order valence-corrected chi connectivity index (χ4v) is 3.55. The summed E-state index contributed by atoms with van der Waals surface area (Å²) in [5.74, 6) is -0.783. The molecular weight excluding hydrogens is 336 g/mol. The average Bonchev–Trinajstić information content (AvgIpc) is 2.87. The number of thiophene rings is 2. The summed E-state index contributed by atoms with van der Waals surface area (Å²) in [6.07, 6.45) is 0. The first-order valence-corrected chi connectivity index (χ1v) is 7.42. The van der Waals surface area contributed by atoms with Crippen LogP contribution in [0.25, 0.3) is 0 Å². The van der Waals surface area contributed by atoms with Gasteiger partial charge in [0.25, 0.3) is 11.8 Å². The summed E-state index contributed by atoms with van der Waals surface area (Å²) in [6.45, 7) is 1.91. The molecule has 7 heteroatoms. The molecule has 0 radical (unpaired) electrons. The molecule has 3 N–H and O–H groups in total. The quantitative estimate of drug-likeness (QED) is 0.896. The van der Waals surface area contributed by atoms with Crippen LogP contribution < -0.4 is 11.1 Å². The van der Waals surface area contributed by atoms with Crippen LogP contribution in [0.4, 0.5) is 5.00 Å². The standard InChI is InChI=1S/C11H9BrN2O2S2/c1-5-4-7(18-8(5)12)10(16)14-11-6(9(13)15)2-3-17-11/h2-4H,1H3,(H2,13,15)(H,14,16). The lowest BCUT2D eigenvalue weighted by molar-refractivity contribution is 0.100. The zero-order valence-corrected chi connectivity index (χ0v) is 12.5. The Balaban J connectivity index is 2.21. The van der Waals surface area contributed by atoms with Crippen LogP contribution in [0, 0.1) is 6.92 Å². The van der Waals surface area contributed by atoms with Crippen molar-refractivity contribution in [2.45, 2.75) is 6.92 Å². The lowest BCUT2D eigenvalue weighted by atomic mass is 10.3. The molecule has 18 heavy (non-hydrogen) atoms. The molecule has 0 atom stereocenters. The van der Waals surface area contributed by atoms with Gasteiger partial charge in [0.15, 0.2) is 0 Å². The highest BCUT2D eigenvalue weighted by Gasteiger charge is 2.15. The van der Waals surface area contributed by atoms with E-state index in [1.807, 2.05) is 6.92 Å². The summed E-state index contributed by atoms with van der Waals surface area (Å²) in [4.78, 5) is 23.7. The molecule has 2 aromatic heterocycles. The van der Waals surface area contributed by atoms with Gasteiger partial charge in [-0.25, -0.2) is 0 Å². The maximum absolute atomic E-state index is 12.0. The highest BCUT2D eigenvalue weighted by molar-refractivity contribution is 9.11. The highest BCUT2D eigenvalue weighted by Crippen LogP contribution is 2.29. The molecule has 0 aliphatic heterocycles. The normalized spacial score (nSPS) is 10.3. The number of hydrogen-bond donors (Lipinski definition) is 2. The summed E-state index contributed by atoms with van der Waals surface area (Å²) >= 11 is 5.99. The van der Waals surface area contributed by atoms with Gasteiger partial charge in [-0.15, -0.1) is 22.7 Å². The average molecular weight is 345 g/mol. The third kappa shape index (κ3) is 2.63. The maximum atomic E-state index is 12.0. The number of nitrogens with two attached hydrogens (primary N) is 1. The van der Waals surface area contributed by atoms with Crippen molar-refractivity contribution in [2.24, 2.45) is 5.73 Å². The van der Waals surface area contributed by atoms with E-state index in [1.165, 1.54) is 22.7 Å². The molecule has 0 spiro atoms. The SMILES string of the molecule is Cc1cc(C(=O)Nc2sccc2C(N)=O)sc1Br. The first-order valence-electron chi connectivity index (χ1n) is 4.93. The molecule has 2 rings (SSSR count). The maximum Gasteiger partial charge on any atom is 0.266 e. The van der Waals surface area contributed by atoms with E-state index in [0.717, 1.165) is 9.35 Å². The van der Waals surface area contributed by atoms with Crippen LogP contribution in [-0.4, -0.2) is 11.8 Å². The fraction of sp³-hybridized carbons (Fsp3) is 0.0909. The molecular formula is C11H9BrN2O2S2. The van der Waals surface area contributed by atoms with Crippen molar-refractivity contribution in [1.29, 1.82) is 0 Å². The third-order valence-electron chi connectivity index (χ3n) is 2.24. The van der Waals surface area contributed by atoms with Gasteiger partial charge >= 0.3 is 0 Å². The van der Waals surface area contributed by atoms with E-state index in [-0.39, 0.29) is 5.91 Å². The van der Waals surface area contributed by atoms with Crippen LogP contribution in [0.2, 0.25) is 0 Å². The molecule has 2 amide bonds. The van der Waals surface area contributed by atoms with Crippen molar-refractivity contribution in [2.75, 3.05) is 5.32 Å². The summed E-state index contributed by atoms with van der Waals surface area (Å²) in [5.41, 5.74) is 6.55. The number of nitrogens with one attached hydrogen (secondary N) is 1. The van der Waals surface area contributed by atoms with Gasteiger partial charge in [0.05, 0.1) is 14.2 Å². The van der Waals surface area contributed by atoms with Crippen LogP contribution in [0.1, 0.15) is 25.6 Å². The van der Waals surface area contributed by atoms with Crippen molar-refractivity contribution in [3.63, 3.8) is 0 Å². The lowest BCUT2D eigenvalue weighted by Gasteiger charge is -2.02. The zero-order chi connectivity index (χ0) is 13.3. The number of aryl methyl sites for hydroxylation is 1. The number of carbonyl (C=O) groups excluding carboxylic acids is 2. The molecule has 0 saturated carbocycles. The topological polar surface area (TPSA) is 72.2 Å². The number of hydrogen-bond acceptors (Lipinski definition) is 4. The number of carbonyl (C=O) groups is 2. The molecule has 0 fully saturated rings. The summed E-state index contributed by atoms with van der Waals surface area (Å²) < 4.78 is 0.925. The first-order chi connectivity index (χ1) is 8.49. The largest absolute Gasteiger partial charge is 0.366 e. The zero-order valence-electron chi connectivity index (χ0n) is 9.32. The molecule has 0 saturated heterocycles. The van der Waals surface area contributed by atoms with E-state index < -0.39 is 5.91 Å². The van der Waals surface area contributed by atoms with Crippen LogP contribution in [0.3, 0.4) is 0 Å². The van der Waals surface area contributed by atoms with E-state index >= 15 is 0 Å². The fourth-order valence-electron chi connectivity index (χ4n) is 1.34. The van der Waals surface area contributed by atoms with Crippen LogP contribution in [0.15, 0.2) is 21.3 Å². The van der Waals surface area contributed by atoms with E-state index in [0.29, 0.717) is 15.4 Å². The van der Waals surface area contributed by atoms with E-state index in [9.17, 15) is 9.59 Å². The molecule has 2 heterocycles. The van der Waals surface area contributed by atoms with E-state index in [2.05, 4.69) is 21.2 Å². The minimum atomic E-state index is -0.546. The Labute approximate surface area is 120 Å². The van der Waals surface area contributed by atoms with E-state index in [1.54, 1.807) is 17.5 Å².